The third-order valence-electron chi connectivity index (χ3n) is 4.99. The van der Waals surface area contributed by atoms with E-state index in [1.165, 1.54) is 60.8 Å². The van der Waals surface area contributed by atoms with Gasteiger partial charge in [0.2, 0.25) is 0 Å². The van der Waals surface area contributed by atoms with Crippen molar-refractivity contribution in [2.24, 2.45) is 5.92 Å². The zero-order chi connectivity index (χ0) is 18.6. The summed E-state index contributed by atoms with van der Waals surface area (Å²) in [5.74, 6) is 1.52. The van der Waals surface area contributed by atoms with Crippen LogP contribution in [0, 0.1) is 12.8 Å². The summed E-state index contributed by atoms with van der Waals surface area (Å²) in [4.78, 5) is 0. The van der Waals surface area contributed by atoms with Gasteiger partial charge in [0.15, 0.2) is 0 Å². The summed E-state index contributed by atoms with van der Waals surface area (Å²) >= 11 is 1.93. The Kier molecular flexibility index (Phi) is 9.63. The molecule has 0 fully saturated rings. The number of benzene rings is 1. The molecule has 1 aliphatic rings. The second-order valence-corrected chi connectivity index (χ2v) is 8.06. The van der Waals surface area contributed by atoms with Crippen molar-refractivity contribution in [1.29, 1.82) is 0 Å². The standard InChI is InChI=1S/C25H34S/c1-4-5-6-7-8-9-14-19-26-20-25(23-17-12-10-15-21(23)2)24-18-13-11-16-22(24)3/h10-19,21H,4-9,20H2,1-3H3/b19-14-,25-23-. The van der Waals surface area contributed by atoms with Crippen molar-refractivity contribution in [2.45, 2.75) is 59.3 Å². The smallest absolute Gasteiger partial charge is 0.0234 e. The van der Waals surface area contributed by atoms with Crippen LogP contribution in [0.25, 0.3) is 5.57 Å². The lowest BCUT2D eigenvalue weighted by atomic mass is 9.88. The fraction of sp³-hybridized carbons (Fsp3) is 0.440. The van der Waals surface area contributed by atoms with Crippen molar-refractivity contribution >= 4 is 17.3 Å². The zero-order valence-electron chi connectivity index (χ0n) is 16.7. The first kappa shape index (κ1) is 20.8. The van der Waals surface area contributed by atoms with Gasteiger partial charge in [0, 0.05) is 5.75 Å². The Hall–Kier alpha value is -1.47. The lowest BCUT2D eigenvalue weighted by Crippen LogP contribution is -2.03. The molecule has 0 nitrogen and oxygen atoms in total. The summed E-state index contributed by atoms with van der Waals surface area (Å²) in [6, 6.07) is 8.79. The highest BCUT2D eigenvalue weighted by Crippen LogP contribution is 2.32. The van der Waals surface area contributed by atoms with Crippen LogP contribution in [-0.2, 0) is 0 Å². The van der Waals surface area contributed by atoms with E-state index in [2.05, 4.69) is 80.8 Å². The monoisotopic (exact) mass is 366 g/mol. The van der Waals surface area contributed by atoms with Gasteiger partial charge in [-0.25, -0.2) is 0 Å². The predicted molar refractivity (Wildman–Crippen MR) is 121 cm³/mol. The molecule has 1 atom stereocenters. The molecule has 1 unspecified atom stereocenters. The van der Waals surface area contributed by atoms with Crippen LogP contribution in [0.3, 0.4) is 0 Å². The third kappa shape index (κ3) is 6.68. The number of allylic oxidation sites excluding steroid dienone is 6. The second kappa shape index (κ2) is 12.0. The minimum Gasteiger partial charge on any atom is -0.130 e. The van der Waals surface area contributed by atoms with Crippen LogP contribution in [-0.4, -0.2) is 5.75 Å². The number of hydrogen-bond donors (Lipinski definition) is 0. The fourth-order valence-corrected chi connectivity index (χ4v) is 4.24. The molecule has 0 aliphatic heterocycles. The van der Waals surface area contributed by atoms with E-state index in [0.29, 0.717) is 5.92 Å². The normalized spacial score (nSPS) is 18.7. The first-order chi connectivity index (χ1) is 12.7. The molecule has 0 bridgehead atoms. The summed E-state index contributed by atoms with van der Waals surface area (Å²) in [6.07, 6.45) is 19.3. The molecule has 1 aliphatic carbocycles. The molecular formula is C25H34S. The maximum absolute atomic E-state index is 2.36. The molecule has 0 radical (unpaired) electrons. The highest BCUT2D eigenvalue weighted by Gasteiger charge is 2.14. The second-order valence-electron chi connectivity index (χ2n) is 7.17. The van der Waals surface area contributed by atoms with Crippen molar-refractivity contribution in [3.8, 4) is 0 Å². The average Bonchev–Trinajstić information content (AvgIpc) is 2.65. The van der Waals surface area contributed by atoms with Crippen LogP contribution in [0.15, 0.2) is 65.6 Å². The molecule has 140 valence electrons. The van der Waals surface area contributed by atoms with Crippen LogP contribution in [0.2, 0.25) is 0 Å². The highest BCUT2D eigenvalue weighted by atomic mass is 32.2. The number of aryl methyl sites for hydroxylation is 1. The SMILES string of the molecule is CCCCCCC/C=C\SC/C(=C1\C=CC=CC1C)c1ccccc1C. The van der Waals surface area contributed by atoms with Crippen LogP contribution in [0.5, 0.6) is 0 Å². The van der Waals surface area contributed by atoms with Crippen molar-refractivity contribution in [2.75, 3.05) is 5.75 Å². The van der Waals surface area contributed by atoms with E-state index in [1.807, 2.05) is 11.8 Å². The van der Waals surface area contributed by atoms with Crippen LogP contribution >= 0.6 is 11.8 Å². The van der Waals surface area contributed by atoms with E-state index in [9.17, 15) is 0 Å². The van der Waals surface area contributed by atoms with Crippen molar-refractivity contribution in [3.05, 3.63) is 76.8 Å². The van der Waals surface area contributed by atoms with Gasteiger partial charge in [-0.3, -0.25) is 0 Å². The number of thioether (sulfide) groups is 1. The molecule has 26 heavy (non-hydrogen) atoms. The molecule has 0 saturated carbocycles. The first-order valence-corrected chi connectivity index (χ1v) is 11.2. The van der Waals surface area contributed by atoms with E-state index >= 15 is 0 Å². The predicted octanol–water partition coefficient (Wildman–Crippen LogP) is 8.12. The van der Waals surface area contributed by atoms with Gasteiger partial charge in [-0.05, 0) is 53.4 Å². The molecule has 0 heterocycles. The lowest BCUT2D eigenvalue weighted by molar-refractivity contribution is 0.637. The topological polar surface area (TPSA) is 0 Å². The summed E-state index contributed by atoms with van der Waals surface area (Å²) in [5.41, 5.74) is 5.71. The molecule has 1 heteroatoms. The van der Waals surface area contributed by atoms with E-state index in [0.717, 1.165) is 5.75 Å². The number of rotatable bonds is 10. The van der Waals surface area contributed by atoms with Gasteiger partial charge in [0.05, 0.1) is 0 Å². The summed E-state index contributed by atoms with van der Waals surface area (Å²) in [6.45, 7) is 6.79. The fourth-order valence-electron chi connectivity index (χ4n) is 3.38. The molecular weight excluding hydrogens is 332 g/mol. The maximum atomic E-state index is 2.36. The van der Waals surface area contributed by atoms with Gasteiger partial charge in [-0.2, -0.15) is 0 Å². The van der Waals surface area contributed by atoms with Crippen LogP contribution in [0.1, 0.15) is 63.5 Å². The average molecular weight is 367 g/mol. The lowest BCUT2D eigenvalue weighted by Gasteiger charge is -2.19. The van der Waals surface area contributed by atoms with E-state index in [1.54, 1.807) is 0 Å². The Labute approximate surface area is 165 Å². The van der Waals surface area contributed by atoms with Crippen molar-refractivity contribution < 1.29 is 0 Å². The Bertz CT molecular complexity index is 660. The maximum Gasteiger partial charge on any atom is 0.0234 e. The van der Waals surface area contributed by atoms with Crippen LogP contribution in [0.4, 0.5) is 0 Å². The van der Waals surface area contributed by atoms with Gasteiger partial charge in [0.25, 0.3) is 0 Å². The minimum atomic E-state index is 0.484. The largest absolute Gasteiger partial charge is 0.130 e. The quantitative estimate of drug-likeness (QED) is 0.377. The Morgan fingerprint density at radius 3 is 2.65 bits per heavy atom. The third-order valence-corrected chi connectivity index (χ3v) is 5.83. The Morgan fingerprint density at radius 1 is 1.08 bits per heavy atom. The molecule has 1 aromatic rings. The van der Waals surface area contributed by atoms with Gasteiger partial charge >= 0.3 is 0 Å². The zero-order valence-corrected chi connectivity index (χ0v) is 17.5. The molecule has 1 aromatic carbocycles. The summed E-state index contributed by atoms with van der Waals surface area (Å²) in [5, 5.41) is 2.31. The van der Waals surface area contributed by atoms with E-state index in [-0.39, 0.29) is 0 Å². The number of hydrogen-bond acceptors (Lipinski definition) is 1. The van der Waals surface area contributed by atoms with Gasteiger partial charge < -0.3 is 0 Å². The molecule has 0 spiro atoms. The summed E-state index contributed by atoms with van der Waals surface area (Å²) in [7, 11) is 0. The highest BCUT2D eigenvalue weighted by molar-refractivity contribution is 8.02. The van der Waals surface area contributed by atoms with E-state index < -0.39 is 0 Å². The molecule has 0 amide bonds. The Balaban J connectivity index is 1.99. The Morgan fingerprint density at radius 2 is 1.88 bits per heavy atom. The molecule has 0 aromatic heterocycles. The molecule has 2 rings (SSSR count). The van der Waals surface area contributed by atoms with Crippen LogP contribution < -0.4 is 0 Å². The summed E-state index contributed by atoms with van der Waals surface area (Å²) < 4.78 is 0. The molecule has 0 N–H and O–H groups in total. The molecule has 0 saturated heterocycles. The van der Waals surface area contributed by atoms with Gasteiger partial charge in [0.1, 0.15) is 0 Å². The van der Waals surface area contributed by atoms with Crippen molar-refractivity contribution in [1.82, 2.24) is 0 Å². The van der Waals surface area contributed by atoms with Gasteiger partial charge in [-0.15, -0.1) is 11.8 Å². The van der Waals surface area contributed by atoms with Gasteiger partial charge in [-0.1, -0.05) is 94.2 Å². The van der Waals surface area contributed by atoms with Crippen molar-refractivity contribution in [3.63, 3.8) is 0 Å². The first-order valence-electron chi connectivity index (χ1n) is 10.1. The minimum absolute atomic E-state index is 0.484. The number of unbranched alkanes of at least 4 members (excludes halogenated alkanes) is 5. The van der Waals surface area contributed by atoms with E-state index in [4.69, 9.17) is 0 Å².